The van der Waals surface area contributed by atoms with Gasteiger partial charge in [-0.1, -0.05) is 18.2 Å². The molecule has 1 aromatic heterocycles. The fraction of sp³-hybridized carbons (Fsp3) is 0.188. The maximum atomic E-state index is 12.0. The Labute approximate surface area is 122 Å². The summed E-state index contributed by atoms with van der Waals surface area (Å²) in [6, 6.07) is 6.53. The van der Waals surface area contributed by atoms with Crippen molar-refractivity contribution in [2.45, 2.75) is 19.9 Å². The van der Waals surface area contributed by atoms with Crippen LogP contribution >= 0.6 is 0 Å². The summed E-state index contributed by atoms with van der Waals surface area (Å²) in [6.45, 7) is 3.97. The van der Waals surface area contributed by atoms with E-state index >= 15 is 0 Å². The molecule has 108 valence electrons. The van der Waals surface area contributed by atoms with E-state index in [1.54, 1.807) is 35.3 Å². The number of hydrogen-bond acceptors (Lipinski definition) is 3. The van der Waals surface area contributed by atoms with Gasteiger partial charge in [-0.05, 0) is 37.6 Å². The SMILES string of the molecule is CC(C)n1cc(C(=O)/C=C/c2ccc(C(=O)O)cc2)cn1. The van der Waals surface area contributed by atoms with E-state index in [1.165, 1.54) is 18.2 Å². The monoisotopic (exact) mass is 284 g/mol. The van der Waals surface area contributed by atoms with E-state index in [1.807, 2.05) is 13.8 Å². The summed E-state index contributed by atoms with van der Waals surface area (Å²) < 4.78 is 1.72. The molecule has 2 rings (SSSR count). The predicted molar refractivity (Wildman–Crippen MR) is 79.4 cm³/mol. The Bertz CT molecular complexity index is 682. The molecule has 0 aliphatic carbocycles. The molecule has 1 N–H and O–H groups in total. The van der Waals surface area contributed by atoms with Crippen molar-refractivity contribution in [1.29, 1.82) is 0 Å². The van der Waals surface area contributed by atoms with E-state index < -0.39 is 5.97 Å². The van der Waals surface area contributed by atoms with Crippen LogP contribution in [0.15, 0.2) is 42.7 Å². The molecule has 0 aliphatic rings. The number of benzene rings is 1. The van der Waals surface area contributed by atoms with Gasteiger partial charge in [-0.3, -0.25) is 9.48 Å². The molecule has 0 fully saturated rings. The van der Waals surface area contributed by atoms with Gasteiger partial charge in [0, 0.05) is 12.2 Å². The average Bonchev–Trinajstić information content (AvgIpc) is 2.95. The van der Waals surface area contributed by atoms with E-state index in [2.05, 4.69) is 5.10 Å². The predicted octanol–water partition coefficient (Wildman–Crippen LogP) is 3.06. The normalized spacial score (nSPS) is 11.2. The maximum absolute atomic E-state index is 12.0. The van der Waals surface area contributed by atoms with Crippen molar-refractivity contribution in [3.8, 4) is 0 Å². The number of carboxylic acid groups (broad SMARTS) is 1. The smallest absolute Gasteiger partial charge is 0.335 e. The van der Waals surface area contributed by atoms with Crippen LogP contribution in [0.1, 0.15) is 46.2 Å². The molecule has 21 heavy (non-hydrogen) atoms. The van der Waals surface area contributed by atoms with Gasteiger partial charge in [0.1, 0.15) is 0 Å². The minimum Gasteiger partial charge on any atom is -0.478 e. The number of aromatic carboxylic acids is 1. The lowest BCUT2D eigenvalue weighted by molar-refractivity contribution is 0.0696. The van der Waals surface area contributed by atoms with Crippen LogP contribution in [0.5, 0.6) is 0 Å². The standard InChI is InChI=1S/C16H16N2O3/c1-11(2)18-10-14(9-17-18)15(19)8-5-12-3-6-13(7-4-12)16(20)21/h3-11H,1-2H3,(H,20,21)/b8-5+. The Morgan fingerprint density at radius 1 is 1.19 bits per heavy atom. The van der Waals surface area contributed by atoms with Gasteiger partial charge in [0.05, 0.1) is 17.3 Å². The summed E-state index contributed by atoms with van der Waals surface area (Å²) >= 11 is 0. The number of rotatable bonds is 5. The van der Waals surface area contributed by atoms with Gasteiger partial charge < -0.3 is 5.11 Å². The number of aromatic nitrogens is 2. The number of ketones is 1. The molecule has 0 saturated heterocycles. The second kappa shape index (κ2) is 6.17. The Hall–Kier alpha value is -2.69. The number of carbonyl (C=O) groups is 2. The van der Waals surface area contributed by atoms with Crippen molar-refractivity contribution in [3.63, 3.8) is 0 Å². The summed E-state index contributed by atoms with van der Waals surface area (Å²) in [5.41, 5.74) is 1.52. The quantitative estimate of drug-likeness (QED) is 0.676. The molecule has 5 heteroatoms. The first kappa shape index (κ1) is 14.7. The van der Waals surface area contributed by atoms with Gasteiger partial charge in [-0.2, -0.15) is 5.10 Å². The lowest BCUT2D eigenvalue weighted by Crippen LogP contribution is -2.00. The summed E-state index contributed by atoms with van der Waals surface area (Å²) in [7, 11) is 0. The Morgan fingerprint density at radius 3 is 2.38 bits per heavy atom. The molecule has 0 unspecified atom stereocenters. The molecule has 0 spiro atoms. The Kier molecular flexibility index (Phi) is 4.33. The van der Waals surface area contributed by atoms with Crippen LogP contribution in [0.3, 0.4) is 0 Å². The summed E-state index contributed by atoms with van der Waals surface area (Å²) in [5.74, 6) is -1.10. The second-order valence-electron chi connectivity index (χ2n) is 4.93. The van der Waals surface area contributed by atoms with Crippen LogP contribution in [-0.2, 0) is 0 Å². The highest BCUT2D eigenvalue weighted by Crippen LogP contribution is 2.09. The van der Waals surface area contributed by atoms with E-state index in [4.69, 9.17) is 5.11 Å². The van der Waals surface area contributed by atoms with Crippen molar-refractivity contribution >= 4 is 17.8 Å². The van der Waals surface area contributed by atoms with Gasteiger partial charge >= 0.3 is 5.97 Å². The second-order valence-corrected chi connectivity index (χ2v) is 4.93. The van der Waals surface area contributed by atoms with Crippen LogP contribution in [0.4, 0.5) is 0 Å². The minimum absolute atomic E-state index is 0.135. The molecule has 0 atom stereocenters. The lowest BCUT2D eigenvalue weighted by Gasteiger charge is -2.02. The summed E-state index contributed by atoms with van der Waals surface area (Å²) in [5, 5.41) is 12.9. The number of nitrogens with zero attached hydrogens (tertiary/aromatic N) is 2. The van der Waals surface area contributed by atoms with Crippen molar-refractivity contribution in [2.24, 2.45) is 0 Å². The Morgan fingerprint density at radius 2 is 1.86 bits per heavy atom. The first-order valence-electron chi connectivity index (χ1n) is 6.57. The zero-order valence-corrected chi connectivity index (χ0v) is 11.9. The number of hydrogen-bond donors (Lipinski definition) is 1. The third-order valence-electron chi connectivity index (χ3n) is 3.00. The average molecular weight is 284 g/mol. The van der Waals surface area contributed by atoms with Gasteiger partial charge in [-0.25, -0.2) is 4.79 Å². The summed E-state index contributed by atoms with van der Waals surface area (Å²) in [4.78, 5) is 22.7. The molecule has 1 aromatic carbocycles. The topological polar surface area (TPSA) is 72.2 Å². The number of carboxylic acids is 1. The van der Waals surface area contributed by atoms with E-state index in [0.717, 1.165) is 5.56 Å². The van der Waals surface area contributed by atoms with Gasteiger partial charge in [0.15, 0.2) is 5.78 Å². The van der Waals surface area contributed by atoms with E-state index in [0.29, 0.717) is 5.56 Å². The molecule has 0 amide bonds. The van der Waals surface area contributed by atoms with Gasteiger partial charge in [0.25, 0.3) is 0 Å². The van der Waals surface area contributed by atoms with Crippen LogP contribution in [-0.4, -0.2) is 26.6 Å². The van der Waals surface area contributed by atoms with Crippen molar-refractivity contribution in [2.75, 3.05) is 0 Å². The number of carbonyl (C=O) groups excluding carboxylic acids is 1. The molecule has 5 nitrogen and oxygen atoms in total. The molecule has 0 bridgehead atoms. The largest absolute Gasteiger partial charge is 0.478 e. The number of allylic oxidation sites excluding steroid dienone is 1. The van der Waals surface area contributed by atoms with Crippen LogP contribution in [0, 0.1) is 0 Å². The van der Waals surface area contributed by atoms with Crippen molar-refractivity contribution < 1.29 is 14.7 Å². The molecular weight excluding hydrogens is 268 g/mol. The Balaban J connectivity index is 2.09. The van der Waals surface area contributed by atoms with Crippen molar-refractivity contribution in [1.82, 2.24) is 9.78 Å². The molecule has 0 saturated carbocycles. The third kappa shape index (κ3) is 3.66. The van der Waals surface area contributed by atoms with Crippen LogP contribution in [0.2, 0.25) is 0 Å². The molecular formula is C16H16N2O3. The van der Waals surface area contributed by atoms with Crippen LogP contribution < -0.4 is 0 Å². The lowest BCUT2D eigenvalue weighted by atomic mass is 10.1. The zero-order chi connectivity index (χ0) is 15.4. The molecule has 0 aliphatic heterocycles. The maximum Gasteiger partial charge on any atom is 0.335 e. The van der Waals surface area contributed by atoms with E-state index in [-0.39, 0.29) is 17.4 Å². The fourth-order valence-electron chi connectivity index (χ4n) is 1.75. The van der Waals surface area contributed by atoms with Crippen LogP contribution in [0.25, 0.3) is 6.08 Å². The summed E-state index contributed by atoms with van der Waals surface area (Å²) in [6.07, 6.45) is 6.36. The minimum atomic E-state index is -0.970. The first-order valence-corrected chi connectivity index (χ1v) is 6.57. The molecule has 0 radical (unpaired) electrons. The highest BCUT2D eigenvalue weighted by atomic mass is 16.4. The molecule has 2 aromatic rings. The third-order valence-corrected chi connectivity index (χ3v) is 3.00. The van der Waals surface area contributed by atoms with Gasteiger partial charge in [-0.15, -0.1) is 0 Å². The zero-order valence-electron chi connectivity index (χ0n) is 11.9. The van der Waals surface area contributed by atoms with Gasteiger partial charge in [0.2, 0.25) is 0 Å². The molecule has 1 heterocycles. The van der Waals surface area contributed by atoms with Crippen molar-refractivity contribution in [3.05, 3.63) is 59.4 Å². The highest BCUT2D eigenvalue weighted by molar-refractivity contribution is 6.06. The first-order chi connectivity index (χ1) is 9.97. The van der Waals surface area contributed by atoms with E-state index in [9.17, 15) is 9.59 Å². The highest BCUT2D eigenvalue weighted by Gasteiger charge is 2.07. The fourth-order valence-corrected chi connectivity index (χ4v) is 1.75.